The maximum absolute atomic E-state index is 14.4. The molecular formula is C20H16F3N7O. The van der Waals surface area contributed by atoms with Crippen molar-refractivity contribution in [3.63, 3.8) is 0 Å². The summed E-state index contributed by atoms with van der Waals surface area (Å²) in [5.41, 5.74) is 1.11. The predicted octanol–water partition coefficient (Wildman–Crippen LogP) is 3.44. The lowest BCUT2D eigenvalue weighted by Gasteiger charge is -2.10. The van der Waals surface area contributed by atoms with Crippen molar-refractivity contribution in [2.24, 2.45) is 0 Å². The fourth-order valence-electron chi connectivity index (χ4n) is 3.25. The number of nitrogens with zero attached hydrogens (tertiary/aromatic N) is 6. The molecule has 0 saturated carbocycles. The lowest BCUT2D eigenvalue weighted by molar-refractivity contribution is 0.102. The van der Waals surface area contributed by atoms with Gasteiger partial charge in [-0.15, -0.1) is 5.10 Å². The third-order valence-electron chi connectivity index (χ3n) is 4.72. The van der Waals surface area contributed by atoms with Crippen LogP contribution in [0.4, 0.5) is 18.9 Å². The molecule has 0 radical (unpaired) electrons. The average Bonchev–Trinajstić information content (AvgIpc) is 3.26. The van der Waals surface area contributed by atoms with Crippen molar-refractivity contribution >= 4 is 11.6 Å². The topological polar surface area (TPSA) is 90.5 Å². The molecule has 2 aromatic carbocycles. The van der Waals surface area contributed by atoms with Crippen molar-refractivity contribution in [1.29, 1.82) is 0 Å². The summed E-state index contributed by atoms with van der Waals surface area (Å²) in [5, 5.41) is 17.8. The van der Waals surface area contributed by atoms with Gasteiger partial charge in [-0.05, 0) is 61.5 Å². The number of carbonyl (C=O) groups excluding carboxylic acids is 1. The summed E-state index contributed by atoms with van der Waals surface area (Å²) in [6.07, 6.45) is 0. The fourth-order valence-corrected chi connectivity index (χ4v) is 3.25. The van der Waals surface area contributed by atoms with Crippen LogP contribution in [0.5, 0.6) is 0 Å². The minimum Gasteiger partial charge on any atom is -0.319 e. The third-order valence-corrected chi connectivity index (χ3v) is 4.72. The number of hydrogen-bond acceptors (Lipinski definition) is 5. The maximum atomic E-state index is 14.4. The molecule has 4 aromatic rings. The Bertz CT molecular complexity index is 1310. The highest BCUT2D eigenvalue weighted by Gasteiger charge is 2.22. The quantitative estimate of drug-likeness (QED) is 0.539. The summed E-state index contributed by atoms with van der Waals surface area (Å²) in [4.78, 5) is 12.9. The van der Waals surface area contributed by atoms with Gasteiger partial charge >= 0.3 is 0 Å². The normalized spacial score (nSPS) is 11.0. The minimum atomic E-state index is -0.826. The summed E-state index contributed by atoms with van der Waals surface area (Å²) in [5.74, 6) is -2.36. The number of aryl methyl sites for hydroxylation is 2. The van der Waals surface area contributed by atoms with E-state index in [1.165, 1.54) is 33.6 Å². The first-order valence-electron chi connectivity index (χ1n) is 9.14. The second kappa shape index (κ2) is 7.67. The fraction of sp³-hybridized carbons (Fsp3) is 0.150. The lowest BCUT2D eigenvalue weighted by Crippen LogP contribution is -2.15. The van der Waals surface area contributed by atoms with Gasteiger partial charge in [0.15, 0.2) is 11.6 Å². The molecule has 2 heterocycles. The molecule has 158 valence electrons. The van der Waals surface area contributed by atoms with Crippen LogP contribution in [0.1, 0.15) is 27.6 Å². The number of nitrogens with one attached hydrogen (secondary N) is 1. The van der Waals surface area contributed by atoms with E-state index in [1.54, 1.807) is 20.8 Å². The van der Waals surface area contributed by atoms with E-state index in [4.69, 9.17) is 0 Å². The molecule has 0 bridgehead atoms. The van der Waals surface area contributed by atoms with E-state index in [9.17, 15) is 18.0 Å². The van der Waals surface area contributed by atoms with Crippen molar-refractivity contribution < 1.29 is 18.0 Å². The van der Waals surface area contributed by atoms with Gasteiger partial charge < -0.3 is 5.32 Å². The van der Waals surface area contributed by atoms with E-state index in [1.807, 2.05) is 0 Å². The first-order valence-corrected chi connectivity index (χ1v) is 9.14. The Morgan fingerprint density at radius 1 is 0.968 bits per heavy atom. The predicted molar refractivity (Wildman–Crippen MR) is 105 cm³/mol. The summed E-state index contributed by atoms with van der Waals surface area (Å²) in [6, 6.07) is 7.10. The largest absolute Gasteiger partial charge is 0.319 e. The number of hydrogen-bond donors (Lipinski definition) is 1. The van der Waals surface area contributed by atoms with E-state index < -0.39 is 23.4 Å². The van der Waals surface area contributed by atoms with Gasteiger partial charge in [0.2, 0.25) is 0 Å². The van der Waals surface area contributed by atoms with Gasteiger partial charge in [0, 0.05) is 6.07 Å². The Balaban J connectivity index is 1.69. The lowest BCUT2D eigenvalue weighted by atomic mass is 10.1. The number of halogens is 3. The van der Waals surface area contributed by atoms with Crippen molar-refractivity contribution in [3.05, 3.63) is 76.6 Å². The number of benzene rings is 2. The van der Waals surface area contributed by atoms with E-state index in [0.717, 1.165) is 12.1 Å². The highest BCUT2D eigenvalue weighted by atomic mass is 19.1. The van der Waals surface area contributed by atoms with Crippen LogP contribution >= 0.6 is 0 Å². The molecule has 0 fully saturated rings. The maximum Gasteiger partial charge on any atom is 0.259 e. The van der Waals surface area contributed by atoms with Crippen LogP contribution in [0, 0.1) is 38.2 Å². The molecule has 11 heteroatoms. The van der Waals surface area contributed by atoms with Crippen molar-refractivity contribution in [3.8, 4) is 11.4 Å². The van der Waals surface area contributed by atoms with Crippen molar-refractivity contribution in [2.45, 2.75) is 20.8 Å². The molecule has 1 N–H and O–H groups in total. The van der Waals surface area contributed by atoms with Crippen LogP contribution in [0.25, 0.3) is 11.4 Å². The number of rotatable bonds is 4. The molecule has 0 saturated heterocycles. The number of carbonyl (C=O) groups is 1. The molecule has 8 nitrogen and oxygen atoms in total. The van der Waals surface area contributed by atoms with Gasteiger partial charge in [-0.2, -0.15) is 9.78 Å². The zero-order chi connectivity index (χ0) is 22.3. The van der Waals surface area contributed by atoms with Gasteiger partial charge in [-0.25, -0.2) is 17.9 Å². The first-order chi connectivity index (χ1) is 14.8. The second-order valence-electron chi connectivity index (χ2n) is 6.81. The van der Waals surface area contributed by atoms with Gasteiger partial charge in [0.25, 0.3) is 5.91 Å². The molecule has 0 unspecified atom stereocenters. The van der Waals surface area contributed by atoms with Gasteiger partial charge in [0.05, 0.1) is 28.3 Å². The van der Waals surface area contributed by atoms with Gasteiger partial charge in [-0.1, -0.05) is 0 Å². The number of amides is 1. The number of tetrazole rings is 1. The minimum absolute atomic E-state index is 0.0108. The van der Waals surface area contributed by atoms with Crippen LogP contribution in [0.3, 0.4) is 0 Å². The molecule has 0 atom stereocenters. The highest BCUT2D eigenvalue weighted by molar-refractivity contribution is 6.06. The van der Waals surface area contributed by atoms with Crippen LogP contribution in [-0.2, 0) is 0 Å². The molecule has 0 aliphatic heterocycles. The highest BCUT2D eigenvalue weighted by Crippen LogP contribution is 2.24. The van der Waals surface area contributed by atoms with Crippen LogP contribution < -0.4 is 5.32 Å². The van der Waals surface area contributed by atoms with E-state index in [2.05, 4.69) is 25.9 Å². The summed E-state index contributed by atoms with van der Waals surface area (Å²) in [7, 11) is 0. The van der Waals surface area contributed by atoms with Gasteiger partial charge in [-0.3, -0.25) is 4.79 Å². The third kappa shape index (κ3) is 3.65. The van der Waals surface area contributed by atoms with Crippen LogP contribution in [0.2, 0.25) is 0 Å². The zero-order valence-electron chi connectivity index (χ0n) is 16.7. The number of aromatic nitrogens is 6. The second-order valence-corrected chi connectivity index (χ2v) is 6.81. The van der Waals surface area contributed by atoms with Gasteiger partial charge in [0.1, 0.15) is 17.3 Å². The Labute approximate surface area is 174 Å². The summed E-state index contributed by atoms with van der Waals surface area (Å²) >= 11 is 0. The van der Waals surface area contributed by atoms with Crippen LogP contribution in [0.15, 0.2) is 36.4 Å². The molecule has 0 aliphatic rings. The zero-order valence-corrected chi connectivity index (χ0v) is 16.7. The molecule has 0 aliphatic carbocycles. The Kier molecular flexibility index (Phi) is 5.01. The molecule has 31 heavy (non-hydrogen) atoms. The number of anilines is 1. The molecular weight excluding hydrogens is 411 g/mol. The Hall–Kier alpha value is -4.02. The summed E-state index contributed by atoms with van der Waals surface area (Å²) < 4.78 is 44.4. The Morgan fingerprint density at radius 3 is 2.42 bits per heavy atom. The molecule has 2 aromatic heterocycles. The van der Waals surface area contributed by atoms with E-state index in [-0.39, 0.29) is 16.9 Å². The average molecular weight is 427 g/mol. The molecule has 4 rings (SSSR count). The molecule has 0 spiro atoms. The summed E-state index contributed by atoms with van der Waals surface area (Å²) in [6.45, 7) is 4.81. The van der Waals surface area contributed by atoms with Crippen LogP contribution in [-0.4, -0.2) is 35.9 Å². The van der Waals surface area contributed by atoms with E-state index in [0.29, 0.717) is 22.9 Å². The van der Waals surface area contributed by atoms with Crippen molar-refractivity contribution in [2.75, 3.05) is 5.32 Å². The SMILES string of the molecule is Cc1nn(-c2ccc(F)cc2F)c(C)c1C(=O)Nc1cc(-n2nnnc2C)ccc1F. The monoisotopic (exact) mass is 427 g/mol. The molecule has 1 amide bonds. The Morgan fingerprint density at radius 2 is 1.74 bits per heavy atom. The standard InChI is InChI=1S/C20H16F3N7O/c1-10-19(11(2)29(26-10)18-7-4-13(21)8-16(18)23)20(31)24-17-9-14(5-6-15(17)22)30-12(3)25-27-28-30/h4-9H,1-3H3,(H,24,31). The first kappa shape index (κ1) is 20.3. The van der Waals surface area contributed by atoms with Crippen molar-refractivity contribution in [1.82, 2.24) is 30.0 Å². The van der Waals surface area contributed by atoms with E-state index >= 15 is 0 Å². The smallest absolute Gasteiger partial charge is 0.259 e.